The minimum Gasteiger partial charge on any atom is -0.353 e. The molecule has 4 unspecified atom stereocenters. The summed E-state index contributed by atoms with van der Waals surface area (Å²) >= 11 is 0. The van der Waals surface area contributed by atoms with E-state index in [1.165, 1.54) is 0 Å². The van der Waals surface area contributed by atoms with E-state index in [1.54, 1.807) is 0 Å². The smallest absolute Gasteiger partial charge is 0.147 e. The van der Waals surface area contributed by atoms with Gasteiger partial charge in [0.2, 0.25) is 0 Å². The third-order valence-electron chi connectivity index (χ3n) is 2.87. The number of ether oxygens (including phenoxy) is 6. The van der Waals surface area contributed by atoms with Crippen LogP contribution in [0.3, 0.4) is 0 Å². The van der Waals surface area contributed by atoms with Crippen LogP contribution in [0.25, 0.3) is 0 Å². The Bertz CT molecular complexity index is 215. The van der Waals surface area contributed by atoms with Gasteiger partial charge in [-0.2, -0.15) is 0 Å². The third-order valence-corrected chi connectivity index (χ3v) is 2.87. The molecule has 3 heterocycles. The van der Waals surface area contributed by atoms with E-state index in [-0.39, 0.29) is 38.0 Å². The Morgan fingerprint density at radius 1 is 0.600 bits per heavy atom. The maximum Gasteiger partial charge on any atom is 0.147 e. The Hall–Kier alpha value is -0.240. The van der Waals surface area contributed by atoms with Gasteiger partial charge in [-0.1, -0.05) is 0 Å². The fourth-order valence-electron chi connectivity index (χ4n) is 2.10. The molecule has 0 bridgehead atoms. The van der Waals surface area contributed by atoms with E-state index in [0.29, 0.717) is 20.0 Å². The summed E-state index contributed by atoms with van der Waals surface area (Å²) in [6.07, 6.45) is -0.337. The highest BCUT2D eigenvalue weighted by atomic mass is 16.8. The minimum atomic E-state index is -0.116. The Labute approximate surface area is 87.3 Å². The summed E-state index contributed by atoms with van der Waals surface area (Å²) in [4.78, 5) is 0. The van der Waals surface area contributed by atoms with Crippen molar-refractivity contribution in [1.29, 1.82) is 0 Å². The molecule has 0 saturated carbocycles. The van der Waals surface area contributed by atoms with Crippen LogP contribution in [0.1, 0.15) is 0 Å². The van der Waals surface area contributed by atoms with Crippen LogP contribution >= 0.6 is 0 Å². The van der Waals surface area contributed by atoms with Gasteiger partial charge in [-0.3, -0.25) is 0 Å². The standard InChI is InChI=1S/C9H14O6/c1-6(12-3-10-1)9-8-7(13-5-15-9)2-11-4-14-8/h6-9H,1-5H2. The number of hydrogen-bond acceptors (Lipinski definition) is 6. The van der Waals surface area contributed by atoms with E-state index in [4.69, 9.17) is 28.4 Å². The van der Waals surface area contributed by atoms with Crippen LogP contribution in [0.4, 0.5) is 0 Å². The zero-order valence-electron chi connectivity index (χ0n) is 8.29. The van der Waals surface area contributed by atoms with Gasteiger partial charge < -0.3 is 28.4 Å². The van der Waals surface area contributed by atoms with Crippen molar-refractivity contribution >= 4 is 0 Å². The van der Waals surface area contributed by atoms with E-state index in [9.17, 15) is 0 Å². The molecule has 4 atom stereocenters. The molecule has 0 N–H and O–H groups in total. The first kappa shape index (κ1) is 9.95. The summed E-state index contributed by atoms with van der Waals surface area (Å²) in [5.41, 5.74) is 0. The van der Waals surface area contributed by atoms with E-state index in [0.717, 1.165) is 0 Å². The predicted molar refractivity (Wildman–Crippen MR) is 46.0 cm³/mol. The zero-order valence-corrected chi connectivity index (χ0v) is 8.29. The predicted octanol–water partition coefficient (Wildman–Crippen LogP) is -0.526. The molecular formula is C9H14O6. The fourth-order valence-corrected chi connectivity index (χ4v) is 2.10. The van der Waals surface area contributed by atoms with E-state index in [2.05, 4.69) is 0 Å². The summed E-state index contributed by atoms with van der Waals surface area (Å²) in [6.45, 7) is 1.99. The molecule has 0 aromatic heterocycles. The number of hydrogen-bond donors (Lipinski definition) is 0. The first-order valence-electron chi connectivity index (χ1n) is 5.07. The molecule has 3 saturated heterocycles. The normalized spacial score (nSPS) is 46.4. The van der Waals surface area contributed by atoms with Crippen molar-refractivity contribution in [2.24, 2.45) is 0 Å². The number of fused-ring (bicyclic) bond motifs is 1. The average Bonchev–Trinajstić information content (AvgIpc) is 2.82. The molecule has 0 spiro atoms. The lowest BCUT2D eigenvalue weighted by Crippen LogP contribution is -2.57. The highest BCUT2D eigenvalue weighted by Gasteiger charge is 2.44. The van der Waals surface area contributed by atoms with Crippen LogP contribution in [0, 0.1) is 0 Å². The SMILES string of the molecule is C1OCC(C2OCOC3COCOC32)O1. The van der Waals surface area contributed by atoms with Gasteiger partial charge in [-0.25, -0.2) is 0 Å². The fraction of sp³-hybridized carbons (Fsp3) is 1.00. The molecule has 3 aliphatic rings. The van der Waals surface area contributed by atoms with Gasteiger partial charge in [0.25, 0.3) is 0 Å². The van der Waals surface area contributed by atoms with Crippen molar-refractivity contribution in [2.75, 3.05) is 33.6 Å². The second kappa shape index (κ2) is 4.32. The lowest BCUT2D eigenvalue weighted by Gasteiger charge is -2.41. The second-order valence-electron chi connectivity index (χ2n) is 3.77. The number of rotatable bonds is 1. The monoisotopic (exact) mass is 218 g/mol. The van der Waals surface area contributed by atoms with Crippen LogP contribution in [0.5, 0.6) is 0 Å². The van der Waals surface area contributed by atoms with Crippen molar-refractivity contribution in [3.8, 4) is 0 Å². The molecule has 0 aliphatic carbocycles. The molecule has 3 rings (SSSR count). The lowest BCUT2D eigenvalue weighted by molar-refractivity contribution is -0.312. The highest BCUT2D eigenvalue weighted by Crippen LogP contribution is 2.26. The van der Waals surface area contributed by atoms with Crippen molar-refractivity contribution in [3.63, 3.8) is 0 Å². The first-order valence-corrected chi connectivity index (χ1v) is 5.07. The van der Waals surface area contributed by atoms with Crippen LogP contribution in [-0.4, -0.2) is 58.0 Å². The first-order chi connectivity index (χ1) is 7.45. The third kappa shape index (κ3) is 1.89. The van der Waals surface area contributed by atoms with E-state index in [1.807, 2.05) is 0 Å². The van der Waals surface area contributed by atoms with Crippen LogP contribution in [0.15, 0.2) is 0 Å². The molecule has 6 heteroatoms. The van der Waals surface area contributed by atoms with Gasteiger partial charge in [0.1, 0.15) is 44.8 Å². The van der Waals surface area contributed by atoms with Gasteiger partial charge in [0.05, 0.1) is 13.2 Å². The topological polar surface area (TPSA) is 55.4 Å². The van der Waals surface area contributed by atoms with Crippen molar-refractivity contribution < 1.29 is 28.4 Å². The lowest BCUT2D eigenvalue weighted by atomic mass is 10.0. The van der Waals surface area contributed by atoms with Crippen molar-refractivity contribution in [3.05, 3.63) is 0 Å². The summed E-state index contributed by atoms with van der Waals surface area (Å²) in [5, 5.41) is 0. The Balaban J connectivity index is 1.69. The Kier molecular flexibility index (Phi) is 2.87. The maximum atomic E-state index is 5.52. The molecule has 15 heavy (non-hydrogen) atoms. The molecule has 0 aromatic rings. The average molecular weight is 218 g/mol. The van der Waals surface area contributed by atoms with E-state index < -0.39 is 0 Å². The van der Waals surface area contributed by atoms with Crippen LogP contribution in [0.2, 0.25) is 0 Å². The molecule has 3 aliphatic heterocycles. The minimum absolute atomic E-state index is 0.0540. The summed E-state index contributed by atoms with van der Waals surface area (Å²) in [5.74, 6) is 0. The van der Waals surface area contributed by atoms with Gasteiger partial charge in [0.15, 0.2) is 0 Å². The van der Waals surface area contributed by atoms with Gasteiger partial charge in [0, 0.05) is 0 Å². The second-order valence-corrected chi connectivity index (χ2v) is 3.77. The van der Waals surface area contributed by atoms with Crippen LogP contribution in [-0.2, 0) is 28.4 Å². The van der Waals surface area contributed by atoms with Gasteiger partial charge in [-0.05, 0) is 0 Å². The summed E-state index contributed by atoms with van der Waals surface area (Å²) in [7, 11) is 0. The van der Waals surface area contributed by atoms with Crippen LogP contribution < -0.4 is 0 Å². The molecule has 0 radical (unpaired) electrons. The quantitative estimate of drug-likeness (QED) is 0.590. The zero-order chi connectivity index (χ0) is 10.1. The Morgan fingerprint density at radius 3 is 1.73 bits per heavy atom. The van der Waals surface area contributed by atoms with Crippen molar-refractivity contribution in [2.45, 2.75) is 24.4 Å². The van der Waals surface area contributed by atoms with Crippen molar-refractivity contribution in [1.82, 2.24) is 0 Å². The summed E-state index contributed by atoms with van der Waals surface area (Å²) < 4.78 is 32.2. The molecule has 3 fully saturated rings. The van der Waals surface area contributed by atoms with Gasteiger partial charge in [-0.15, -0.1) is 0 Å². The molecule has 6 nitrogen and oxygen atoms in total. The highest BCUT2D eigenvalue weighted by molar-refractivity contribution is 4.89. The van der Waals surface area contributed by atoms with E-state index >= 15 is 0 Å². The van der Waals surface area contributed by atoms with Gasteiger partial charge >= 0.3 is 0 Å². The molecular weight excluding hydrogens is 204 g/mol. The summed E-state index contributed by atoms with van der Waals surface area (Å²) in [6, 6.07) is 0. The molecule has 0 aromatic carbocycles. The largest absolute Gasteiger partial charge is 0.353 e. The molecule has 0 amide bonds. The molecule has 86 valence electrons. The maximum absolute atomic E-state index is 5.52. The Morgan fingerprint density at radius 2 is 1.13 bits per heavy atom.